The van der Waals surface area contributed by atoms with Gasteiger partial charge >= 0.3 is 0 Å². The Morgan fingerprint density at radius 2 is 0.508 bits per heavy atom. The van der Waals surface area contributed by atoms with Crippen LogP contribution in [0.4, 0.5) is 0 Å². The number of pyridine rings is 3. The van der Waals surface area contributed by atoms with Crippen molar-refractivity contribution in [3.05, 3.63) is 433 Å². The van der Waals surface area contributed by atoms with E-state index >= 15 is 0 Å². The van der Waals surface area contributed by atoms with Crippen molar-refractivity contribution in [2.24, 2.45) is 0 Å². The lowest BCUT2D eigenvalue weighted by molar-refractivity contribution is 0.619. The lowest BCUT2D eigenvalue weighted by Gasteiger charge is -2.34. The predicted molar refractivity (Wildman–Crippen MR) is 496 cm³/mol. The van der Waals surface area contributed by atoms with E-state index in [0.717, 1.165) is 105 Å². The van der Waals surface area contributed by atoms with Crippen LogP contribution in [0.1, 0.15) is 72.2 Å². The lowest BCUT2D eigenvalue weighted by atomic mass is 9.67. The number of benzene rings is 16. The minimum absolute atomic E-state index is 0.0158. The number of nitrogens with zero attached hydrogens (tertiary/aromatic N) is 6. The Morgan fingerprint density at radius 3 is 0.951 bits per heavy atom. The van der Waals surface area contributed by atoms with Gasteiger partial charge in [-0.25, -0.2) is 15.0 Å². The van der Waals surface area contributed by atoms with Gasteiger partial charge in [0.25, 0.3) is 0 Å². The molecule has 6 heterocycles. The number of aromatic nitrogens is 6. The first-order valence-electron chi connectivity index (χ1n) is 41.6. The standard InChI is InChI=1S/C41H28N2O.C41H26N2O.C31H22N2O/c1-41(2)35-12-6-5-11-33(35)34-16-13-25(23-36(34)41)29-17-18-30(32-10-4-3-9-31(29)32)26-15-20-39-38(24-26)43-40(44-39)28-14-19-37-27(22-28)8-7-21-42-37;1-3-11-31(12-4-1)41(32-13-5-2-6-14-32)35-16-8-7-15-33(35)34-20-17-27(25-36(34)41)28-19-22-39-38(26-28)43-40(44-39)30-18-21-37-29(24-30)10-9-23-42-37;1-31(2)25-8-4-3-7-23(25)24-12-9-19(17-26(24)31)20-11-14-29-28(18-20)33-30(34-29)22-10-13-27-21(16-22)6-5-15-32-27/h3-24H,1-2H3;1-26H;3-18H,1-2H3. The van der Waals surface area contributed by atoms with Gasteiger partial charge in [0.05, 0.1) is 22.0 Å². The molecular formula is C113H76N6O3. The van der Waals surface area contributed by atoms with Crippen LogP contribution < -0.4 is 0 Å². The molecule has 16 aromatic carbocycles. The van der Waals surface area contributed by atoms with E-state index in [9.17, 15) is 0 Å². The molecule has 3 aliphatic carbocycles. The van der Waals surface area contributed by atoms with Crippen LogP contribution in [0.15, 0.2) is 402 Å². The van der Waals surface area contributed by atoms with E-state index in [2.05, 4.69) is 340 Å². The Bertz CT molecular complexity index is 7950. The fraction of sp³-hybridized carbons (Fsp3) is 0.0619. The van der Waals surface area contributed by atoms with Gasteiger partial charge in [-0.2, -0.15) is 0 Å². The maximum Gasteiger partial charge on any atom is 0.227 e. The Balaban J connectivity index is 0.000000107. The molecule has 0 bridgehead atoms. The third-order valence-electron chi connectivity index (χ3n) is 25.6. The second-order valence-electron chi connectivity index (χ2n) is 33.2. The molecule has 0 amide bonds. The van der Waals surface area contributed by atoms with Crippen LogP contribution in [0, 0.1) is 0 Å². The summed E-state index contributed by atoms with van der Waals surface area (Å²) in [5.41, 5.74) is 38.1. The van der Waals surface area contributed by atoms with E-state index in [1.165, 1.54) is 111 Å². The fourth-order valence-corrected chi connectivity index (χ4v) is 19.5. The van der Waals surface area contributed by atoms with Crippen LogP contribution in [0.3, 0.4) is 0 Å². The van der Waals surface area contributed by atoms with E-state index in [1.54, 1.807) is 0 Å². The summed E-state index contributed by atoms with van der Waals surface area (Å²) >= 11 is 0. The van der Waals surface area contributed by atoms with Crippen LogP contribution >= 0.6 is 0 Å². The molecule has 25 rings (SSSR count). The number of hydrogen-bond acceptors (Lipinski definition) is 9. The van der Waals surface area contributed by atoms with Gasteiger partial charge in [-0.15, -0.1) is 0 Å². The minimum atomic E-state index is -0.430. The van der Waals surface area contributed by atoms with Crippen molar-refractivity contribution in [2.75, 3.05) is 0 Å². The Labute approximate surface area is 704 Å². The van der Waals surface area contributed by atoms with Crippen molar-refractivity contribution >= 4 is 76.8 Å². The molecule has 9 heteroatoms. The highest BCUT2D eigenvalue weighted by atomic mass is 16.4. The molecule has 0 spiro atoms. The topological polar surface area (TPSA) is 117 Å². The van der Waals surface area contributed by atoms with Crippen LogP contribution in [-0.2, 0) is 16.2 Å². The monoisotopic (exact) mass is 1560 g/mol. The van der Waals surface area contributed by atoms with Crippen LogP contribution in [0.2, 0.25) is 0 Å². The van der Waals surface area contributed by atoms with Crippen LogP contribution in [-0.4, -0.2) is 29.9 Å². The molecule has 22 aromatic rings. The molecule has 0 unspecified atom stereocenters. The highest BCUT2D eigenvalue weighted by Gasteiger charge is 2.46. The average Bonchev–Trinajstić information content (AvgIpc) is 1.55. The van der Waals surface area contributed by atoms with E-state index in [-0.39, 0.29) is 10.8 Å². The Hall–Kier alpha value is -15.6. The van der Waals surface area contributed by atoms with Crippen LogP contribution in [0.5, 0.6) is 0 Å². The molecule has 0 saturated heterocycles. The third kappa shape index (κ3) is 11.8. The molecule has 0 saturated carbocycles. The van der Waals surface area contributed by atoms with Gasteiger partial charge < -0.3 is 13.3 Å². The second kappa shape index (κ2) is 28.3. The van der Waals surface area contributed by atoms with E-state index < -0.39 is 5.41 Å². The first-order valence-corrected chi connectivity index (χ1v) is 41.6. The highest BCUT2D eigenvalue weighted by Crippen LogP contribution is 2.58. The number of rotatable bonds is 9. The fourth-order valence-electron chi connectivity index (χ4n) is 19.5. The maximum atomic E-state index is 6.23. The van der Waals surface area contributed by atoms with Gasteiger partial charge in [0, 0.05) is 62.3 Å². The van der Waals surface area contributed by atoms with Gasteiger partial charge in [0.2, 0.25) is 17.7 Å². The summed E-state index contributed by atoms with van der Waals surface area (Å²) in [6.07, 6.45) is 5.43. The molecule has 0 aliphatic heterocycles. The first-order chi connectivity index (χ1) is 59.9. The van der Waals surface area contributed by atoms with Gasteiger partial charge in [0.15, 0.2) is 16.7 Å². The zero-order valence-corrected chi connectivity index (χ0v) is 67.4. The van der Waals surface area contributed by atoms with Gasteiger partial charge in [-0.05, 0) is 261 Å². The van der Waals surface area contributed by atoms with Crippen molar-refractivity contribution in [2.45, 2.75) is 43.9 Å². The quantitative estimate of drug-likeness (QED) is 0.139. The second-order valence-corrected chi connectivity index (χ2v) is 33.2. The summed E-state index contributed by atoms with van der Waals surface area (Å²) in [5, 5.41) is 5.66. The zero-order valence-electron chi connectivity index (χ0n) is 67.4. The normalized spacial score (nSPS) is 13.4. The Kier molecular flexibility index (Phi) is 16.7. The maximum absolute atomic E-state index is 6.23. The van der Waals surface area contributed by atoms with Crippen molar-refractivity contribution in [1.29, 1.82) is 0 Å². The molecule has 0 radical (unpaired) electrons. The van der Waals surface area contributed by atoms with Gasteiger partial charge in [-0.3, -0.25) is 15.0 Å². The SMILES string of the molecule is CC1(C)c2ccccc2-c2ccc(-c3ccc(-c4ccc5oc(-c6ccc7ncccc7c6)nc5c4)c4ccccc34)cc21.CC1(C)c2ccccc2-c2ccc(-c3ccc4oc(-c5ccc6ncccc6c5)nc4c3)cc21.c1ccc(C2(c3ccccc3)c3ccccc3-c3ccc(-c4ccc5oc(-c6ccc7ncccc7c6)nc5c4)cc32)cc1. The Morgan fingerprint density at radius 1 is 0.205 bits per heavy atom. The first kappa shape index (κ1) is 71.7. The largest absolute Gasteiger partial charge is 0.436 e. The third-order valence-corrected chi connectivity index (χ3v) is 25.6. The van der Waals surface area contributed by atoms with E-state index in [1.807, 2.05) is 91.4 Å². The molecule has 3 aliphatic rings. The summed E-state index contributed by atoms with van der Waals surface area (Å²) in [6, 6.07) is 131. The molecule has 0 atom stereocenters. The highest BCUT2D eigenvalue weighted by molar-refractivity contribution is 6.06. The van der Waals surface area contributed by atoms with Crippen molar-refractivity contribution in [1.82, 2.24) is 29.9 Å². The summed E-state index contributed by atoms with van der Waals surface area (Å²) < 4.78 is 18.5. The van der Waals surface area contributed by atoms with E-state index in [4.69, 9.17) is 28.2 Å². The van der Waals surface area contributed by atoms with Crippen LogP contribution in [0.25, 0.3) is 189 Å². The summed E-state index contributed by atoms with van der Waals surface area (Å²) in [7, 11) is 0. The molecule has 0 fully saturated rings. The minimum Gasteiger partial charge on any atom is -0.436 e. The smallest absolute Gasteiger partial charge is 0.227 e. The van der Waals surface area contributed by atoms with Gasteiger partial charge in [0.1, 0.15) is 16.6 Å². The lowest BCUT2D eigenvalue weighted by Crippen LogP contribution is -2.28. The number of oxazole rings is 3. The molecule has 576 valence electrons. The molecule has 0 N–H and O–H groups in total. The molecule has 6 aromatic heterocycles. The molecule has 9 nitrogen and oxygen atoms in total. The average molecular weight is 1570 g/mol. The van der Waals surface area contributed by atoms with Crippen molar-refractivity contribution in [3.8, 4) is 112 Å². The van der Waals surface area contributed by atoms with Gasteiger partial charge in [-0.1, -0.05) is 270 Å². The zero-order chi connectivity index (χ0) is 81.4. The summed E-state index contributed by atoms with van der Waals surface area (Å²) in [5.74, 6) is 1.85. The van der Waals surface area contributed by atoms with E-state index in [0.29, 0.717) is 17.7 Å². The van der Waals surface area contributed by atoms with Crippen molar-refractivity contribution in [3.63, 3.8) is 0 Å². The molecule has 122 heavy (non-hydrogen) atoms. The number of fused-ring (bicyclic) bond motifs is 16. The summed E-state index contributed by atoms with van der Waals surface area (Å²) in [4.78, 5) is 27.9. The number of hydrogen-bond donors (Lipinski definition) is 0. The predicted octanol–water partition coefficient (Wildman–Crippen LogP) is 28.9. The van der Waals surface area contributed by atoms with Crippen molar-refractivity contribution < 1.29 is 13.3 Å². The molecular weight excluding hydrogens is 1490 g/mol. The summed E-state index contributed by atoms with van der Waals surface area (Å²) in [6.45, 7) is 9.30.